The van der Waals surface area contributed by atoms with Gasteiger partial charge in [-0.2, -0.15) is 0 Å². The third-order valence-electron chi connectivity index (χ3n) is 4.51. The van der Waals surface area contributed by atoms with E-state index >= 15 is 0 Å². The Balaban J connectivity index is 1.75. The molecule has 4 nitrogen and oxygen atoms in total. The smallest absolute Gasteiger partial charge is 0.343 e. The average molecular weight is 370 g/mol. The molecule has 1 heterocycles. The monoisotopic (exact) mass is 370 g/mol. The summed E-state index contributed by atoms with van der Waals surface area (Å²) in [5.74, 6) is 0.702. The fraction of sp³-hybridized carbons (Fsp3) is 0.333. The van der Waals surface area contributed by atoms with Crippen LogP contribution >= 0.6 is 11.8 Å². The predicted octanol–water partition coefficient (Wildman–Crippen LogP) is 4.86. The van der Waals surface area contributed by atoms with E-state index in [9.17, 15) is 9.59 Å². The second-order valence-corrected chi connectivity index (χ2v) is 7.96. The molecular formula is C21H22O4S. The molecule has 0 saturated heterocycles. The van der Waals surface area contributed by atoms with E-state index in [1.54, 1.807) is 31.2 Å². The van der Waals surface area contributed by atoms with E-state index in [0.717, 1.165) is 12.2 Å². The number of carbonyl (C=O) groups excluding carboxylic acids is 2. The van der Waals surface area contributed by atoms with Gasteiger partial charge in [0.1, 0.15) is 5.75 Å². The molecule has 2 aromatic rings. The Morgan fingerprint density at radius 2 is 1.73 bits per heavy atom. The molecule has 26 heavy (non-hydrogen) atoms. The summed E-state index contributed by atoms with van der Waals surface area (Å²) in [5.41, 5.74) is 2.21. The second-order valence-electron chi connectivity index (χ2n) is 6.83. The van der Waals surface area contributed by atoms with E-state index in [0.29, 0.717) is 23.5 Å². The number of esters is 2. The van der Waals surface area contributed by atoms with E-state index < -0.39 is 5.97 Å². The van der Waals surface area contributed by atoms with Crippen molar-refractivity contribution >= 4 is 23.7 Å². The van der Waals surface area contributed by atoms with Crippen molar-refractivity contribution in [2.24, 2.45) is 0 Å². The first kappa shape index (κ1) is 18.5. The van der Waals surface area contributed by atoms with Gasteiger partial charge in [-0.05, 0) is 72.5 Å². The van der Waals surface area contributed by atoms with Crippen LogP contribution in [0.5, 0.6) is 5.75 Å². The Morgan fingerprint density at radius 3 is 2.42 bits per heavy atom. The van der Waals surface area contributed by atoms with Crippen molar-refractivity contribution in [1.29, 1.82) is 0 Å². The maximum Gasteiger partial charge on any atom is 0.343 e. The zero-order valence-corrected chi connectivity index (χ0v) is 16.0. The molecule has 0 atom stereocenters. The van der Waals surface area contributed by atoms with Gasteiger partial charge in [0.15, 0.2) is 0 Å². The highest BCUT2D eigenvalue weighted by Crippen LogP contribution is 2.41. The first-order valence-electron chi connectivity index (χ1n) is 8.67. The van der Waals surface area contributed by atoms with E-state index in [4.69, 9.17) is 9.47 Å². The molecule has 136 valence electrons. The fourth-order valence-corrected chi connectivity index (χ4v) is 4.39. The molecule has 0 spiro atoms. The standard InChI is InChI=1S/C21H22O4S/c1-4-24-19(22)14-5-8-16(9-6-14)25-20(23)15-7-10-18-17(13-15)21(2,3)11-12-26-18/h5-10,13H,4,11-12H2,1-3H3. The number of hydrogen-bond donors (Lipinski definition) is 0. The van der Waals surface area contributed by atoms with Crippen molar-refractivity contribution in [2.45, 2.75) is 37.5 Å². The summed E-state index contributed by atoms with van der Waals surface area (Å²) in [5, 5.41) is 0. The summed E-state index contributed by atoms with van der Waals surface area (Å²) in [7, 11) is 0. The zero-order valence-electron chi connectivity index (χ0n) is 15.2. The van der Waals surface area contributed by atoms with Crippen LogP contribution < -0.4 is 4.74 Å². The van der Waals surface area contributed by atoms with Gasteiger partial charge in [0.05, 0.1) is 17.7 Å². The Bertz CT molecular complexity index is 824. The predicted molar refractivity (Wildman–Crippen MR) is 102 cm³/mol. The zero-order chi connectivity index (χ0) is 18.7. The maximum atomic E-state index is 12.5. The summed E-state index contributed by atoms with van der Waals surface area (Å²) >= 11 is 1.83. The Morgan fingerprint density at radius 1 is 1.04 bits per heavy atom. The van der Waals surface area contributed by atoms with Crippen molar-refractivity contribution in [3.63, 3.8) is 0 Å². The SMILES string of the molecule is CCOC(=O)c1ccc(OC(=O)c2ccc3c(c2)C(C)(C)CCS3)cc1. The number of fused-ring (bicyclic) bond motifs is 1. The summed E-state index contributed by atoms with van der Waals surface area (Å²) in [6.45, 7) is 6.48. The van der Waals surface area contributed by atoms with Gasteiger partial charge < -0.3 is 9.47 Å². The van der Waals surface area contributed by atoms with Crippen molar-refractivity contribution < 1.29 is 19.1 Å². The van der Waals surface area contributed by atoms with Crippen LogP contribution in [0, 0.1) is 0 Å². The van der Waals surface area contributed by atoms with Gasteiger partial charge >= 0.3 is 11.9 Å². The molecule has 3 rings (SSSR count). The van der Waals surface area contributed by atoms with Gasteiger partial charge in [-0.25, -0.2) is 9.59 Å². The number of ether oxygens (including phenoxy) is 2. The van der Waals surface area contributed by atoms with Crippen molar-refractivity contribution in [1.82, 2.24) is 0 Å². The molecule has 0 radical (unpaired) electrons. The topological polar surface area (TPSA) is 52.6 Å². The lowest BCUT2D eigenvalue weighted by Gasteiger charge is -2.32. The molecule has 1 aliphatic heterocycles. The second kappa shape index (κ2) is 7.54. The summed E-state index contributed by atoms with van der Waals surface area (Å²) < 4.78 is 10.4. The van der Waals surface area contributed by atoms with Crippen LogP contribution in [0.2, 0.25) is 0 Å². The number of benzene rings is 2. The summed E-state index contributed by atoms with van der Waals surface area (Å²) in [4.78, 5) is 25.4. The van der Waals surface area contributed by atoms with E-state index in [2.05, 4.69) is 13.8 Å². The van der Waals surface area contributed by atoms with Crippen LogP contribution in [0.4, 0.5) is 0 Å². The van der Waals surface area contributed by atoms with Crippen LogP contribution in [0.15, 0.2) is 47.4 Å². The van der Waals surface area contributed by atoms with Crippen LogP contribution in [0.25, 0.3) is 0 Å². The lowest BCUT2D eigenvalue weighted by molar-refractivity contribution is 0.0526. The van der Waals surface area contributed by atoms with E-state index in [-0.39, 0.29) is 11.4 Å². The first-order chi connectivity index (χ1) is 12.4. The molecule has 0 amide bonds. The maximum absolute atomic E-state index is 12.5. The Kier molecular flexibility index (Phi) is 5.37. The molecule has 0 fully saturated rings. The number of hydrogen-bond acceptors (Lipinski definition) is 5. The largest absolute Gasteiger partial charge is 0.462 e. The molecule has 0 N–H and O–H groups in total. The highest BCUT2D eigenvalue weighted by Gasteiger charge is 2.28. The van der Waals surface area contributed by atoms with E-state index in [1.165, 1.54) is 10.5 Å². The molecule has 0 aromatic heterocycles. The lowest BCUT2D eigenvalue weighted by Crippen LogP contribution is -2.23. The lowest BCUT2D eigenvalue weighted by atomic mass is 9.81. The minimum Gasteiger partial charge on any atom is -0.462 e. The van der Waals surface area contributed by atoms with Crippen molar-refractivity contribution in [2.75, 3.05) is 12.4 Å². The number of carbonyl (C=O) groups is 2. The molecular weight excluding hydrogens is 348 g/mol. The molecule has 0 bridgehead atoms. The van der Waals surface area contributed by atoms with Gasteiger partial charge in [0, 0.05) is 4.90 Å². The third-order valence-corrected chi connectivity index (χ3v) is 5.58. The van der Waals surface area contributed by atoms with Gasteiger partial charge in [0.25, 0.3) is 0 Å². The van der Waals surface area contributed by atoms with Crippen molar-refractivity contribution in [3.8, 4) is 5.75 Å². The van der Waals surface area contributed by atoms with Gasteiger partial charge in [-0.3, -0.25) is 0 Å². The number of rotatable bonds is 4. The van der Waals surface area contributed by atoms with Crippen LogP contribution in [-0.2, 0) is 10.2 Å². The highest BCUT2D eigenvalue weighted by molar-refractivity contribution is 7.99. The Hall–Kier alpha value is -2.27. The molecule has 2 aromatic carbocycles. The molecule has 1 aliphatic rings. The average Bonchev–Trinajstić information content (AvgIpc) is 2.62. The molecule has 0 unspecified atom stereocenters. The summed E-state index contributed by atoms with van der Waals surface area (Å²) in [6.07, 6.45) is 1.08. The Labute approximate surface area is 157 Å². The first-order valence-corrected chi connectivity index (χ1v) is 9.66. The van der Waals surface area contributed by atoms with E-state index in [1.807, 2.05) is 30.0 Å². The van der Waals surface area contributed by atoms with Gasteiger partial charge in [-0.15, -0.1) is 11.8 Å². The van der Waals surface area contributed by atoms with Crippen LogP contribution in [0.3, 0.4) is 0 Å². The van der Waals surface area contributed by atoms with Crippen molar-refractivity contribution in [3.05, 3.63) is 59.2 Å². The minimum absolute atomic E-state index is 0.0537. The normalized spacial score (nSPS) is 15.0. The van der Waals surface area contributed by atoms with Crippen LogP contribution in [0.1, 0.15) is 53.5 Å². The van der Waals surface area contributed by atoms with Crippen LogP contribution in [-0.4, -0.2) is 24.3 Å². The highest BCUT2D eigenvalue weighted by atomic mass is 32.2. The quantitative estimate of drug-likeness (QED) is 0.568. The molecule has 5 heteroatoms. The molecule has 0 aliphatic carbocycles. The third kappa shape index (κ3) is 3.93. The van der Waals surface area contributed by atoms with Gasteiger partial charge in [-0.1, -0.05) is 13.8 Å². The fourth-order valence-electron chi connectivity index (χ4n) is 2.90. The minimum atomic E-state index is -0.400. The van der Waals surface area contributed by atoms with Gasteiger partial charge in [0.2, 0.25) is 0 Å². The summed E-state index contributed by atoms with van der Waals surface area (Å²) in [6, 6.07) is 12.1. The number of thioether (sulfide) groups is 1. The molecule has 0 saturated carbocycles.